The second kappa shape index (κ2) is 5.37. The van der Waals surface area contributed by atoms with Gasteiger partial charge in [-0.05, 0) is 30.3 Å². The van der Waals surface area contributed by atoms with Gasteiger partial charge in [0.1, 0.15) is 11.8 Å². The van der Waals surface area contributed by atoms with Gasteiger partial charge in [0.25, 0.3) is 0 Å². The molecular weight excluding hydrogens is 232 g/mol. The summed E-state index contributed by atoms with van der Waals surface area (Å²) in [6.45, 7) is 0. The van der Waals surface area contributed by atoms with E-state index in [-0.39, 0.29) is 0 Å². The minimum absolute atomic E-state index is 0.640. The third kappa shape index (κ3) is 2.77. The summed E-state index contributed by atoms with van der Waals surface area (Å²) in [5.74, 6) is 0.820. The Kier molecular flexibility index (Phi) is 3.63. The van der Waals surface area contributed by atoms with E-state index in [4.69, 9.17) is 10.00 Å². The van der Waals surface area contributed by atoms with Crippen molar-refractivity contribution in [2.45, 2.75) is 9.79 Å². The molecule has 0 atom stereocenters. The number of ether oxygens (including phenoxy) is 1. The van der Waals surface area contributed by atoms with Gasteiger partial charge < -0.3 is 4.74 Å². The zero-order valence-electron chi connectivity index (χ0n) is 9.25. The Morgan fingerprint density at radius 2 is 2.00 bits per heavy atom. The van der Waals surface area contributed by atoms with Crippen molar-refractivity contribution in [1.82, 2.24) is 4.98 Å². The minimum atomic E-state index is 0.640. The highest BCUT2D eigenvalue weighted by atomic mass is 32.2. The van der Waals surface area contributed by atoms with Crippen LogP contribution in [0.5, 0.6) is 5.75 Å². The van der Waals surface area contributed by atoms with Crippen LogP contribution in [0, 0.1) is 11.3 Å². The molecule has 2 rings (SSSR count). The van der Waals surface area contributed by atoms with Crippen molar-refractivity contribution in [2.24, 2.45) is 0 Å². The fraction of sp³-hybridized carbons (Fsp3) is 0.0769. The first-order valence-electron chi connectivity index (χ1n) is 4.99. The van der Waals surface area contributed by atoms with Gasteiger partial charge in [-0.1, -0.05) is 11.8 Å². The lowest BCUT2D eigenvalue weighted by molar-refractivity contribution is 0.414. The number of methoxy groups -OCH3 is 1. The van der Waals surface area contributed by atoms with E-state index in [1.54, 1.807) is 25.6 Å². The summed E-state index contributed by atoms with van der Waals surface area (Å²) in [4.78, 5) is 5.94. The van der Waals surface area contributed by atoms with Gasteiger partial charge in [0.2, 0.25) is 0 Å². The fourth-order valence-corrected chi connectivity index (χ4v) is 2.19. The predicted molar refractivity (Wildman–Crippen MR) is 66.1 cm³/mol. The number of hydrogen-bond acceptors (Lipinski definition) is 4. The average molecular weight is 242 g/mol. The summed E-state index contributed by atoms with van der Waals surface area (Å²) >= 11 is 1.52. The van der Waals surface area contributed by atoms with Crippen LogP contribution < -0.4 is 4.74 Å². The molecule has 0 bridgehead atoms. The van der Waals surface area contributed by atoms with Crippen LogP contribution in [-0.2, 0) is 0 Å². The van der Waals surface area contributed by atoms with Crippen LogP contribution >= 0.6 is 11.8 Å². The third-order valence-electron chi connectivity index (χ3n) is 2.19. The molecule has 3 nitrogen and oxygen atoms in total. The average Bonchev–Trinajstić information content (AvgIpc) is 2.40. The van der Waals surface area contributed by atoms with Gasteiger partial charge in [0, 0.05) is 22.2 Å². The highest BCUT2D eigenvalue weighted by molar-refractivity contribution is 7.99. The molecule has 1 aromatic carbocycles. The molecule has 0 aliphatic rings. The third-order valence-corrected chi connectivity index (χ3v) is 3.25. The van der Waals surface area contributed by atoms with Crippen LogP contribution in [0.3, 0.4) is 0 Å². The van der Waals surface area contributed by atoms with E-state index in [1.807, 2.05) is 24.3 Å². The molecule has 1 heterocycles. The van der Waals surface area contributed by atoms with E-state index in [1.165, 1.54) is 11.8 Å². The first-order chi connectivity index (χ1) is 8.33. The number of hydrogen-bond donors (Lipinski definition) is 0. The fourth-order valence-electron chi connectivity index (χ4n) is 1.32. The van der Waals surface area contributed by atoms with E-state index in [2.05, 4.69) is 11.1 Å². The normalized spacial score (nSPS) is 9.65. The van der Waals surface area contributed by atoms with Gasteiger partial charge in [0.15, 0.2) is 0 Å². The van der Waals surface area contributed by atoms with Crippen LogP contribution in [0.15, 0.2) is 52.5 Å². The summed E-state index contributed by atoms with van der Waals surface area (Å²) in [5, 5.41) is 8.97. The summed E-state index contributed by atoms with van der Waals surface area (Å²) in [6, 6.07) is 11.6. The molecule has 0 radical (unpaired) electrons. The molecule has 0 amide bonds. The lowest BCUT2D eigenvalue weighted by atomic mass is 10.3. The molecule has 84 valence electrons. The summed E-state index contributed by atoms with van der Waals surface area (Å²) in [7, 11) is 1.64. The van der Waals surface area contributed by atoms with Crippen molar-refractivity contribution in [1.29, 1.82) is 5.26 Å². The zero-order chi connectivity index (χ0) is 12.1. The molecule has 0 spiro atoms. The van der Waals surface area contributed by atoms with Crippen molar-refractivity contribution in [3.63, 3.8) is 0 Å². The Labute approximate surface area is 104 Å². The molecule has 17 heavy (non-hydrogen) atoms. The summed E-state index contributed by atoms with van der Waals surface area (Å²) in [5.41, 5.74) is 0.640. The molecular formula is C13H10N2OS. The van der Waals surface area contributed by atoms with Gasteiger partial charge in [-0.2, -0.15) is 5.26 Å². The van der Waals surface area contributed by atoms with Gasteiger partial charge in [-0.25, -0.2) is 0 Å². The number of nitrogens with zero attached hydrogens (tertiary/aromatic N) is 2. The zero-order valence-corrected chi connectivity index (χ0v) is 10.1. The van der Waals surface area contributed by atoms with Crippen LogP contribution in [0.1, 0.15) is 5.56 Å². The SMILES string of the molecule is COc1ccc(Sc2cnccc2C#N)cc1. The molecule has 0 saturated heterocycles. The molecule has 0 N–H and O–H groups in total. The van der Waals surface area contributed by atoms with Crippen LogP contribution in [0.4, 0.5) is 0 Å². The standard InChI is InChI=1S/C13H10N2OS/c1-16-11-2-4-12(5-3-11)17-13-9-15-7-6-10(13)8-14/h2-7,9H,1H3. The first kappa shape index (κ1) is 11.5. The van der Waals surface area contributed by atoms with Gasteiger partial charge in [0.05, 0.1) is 12.7 Å². The van der Waals surface area contributed by atoms with E-state index in [9.17, 15) is 0 Å². The van der Waals surface area contributed by atoms with Crippen LogP contribution in [0.2, 0.25) is 0 Å². The monoisotopic (exact) mass is 242 g/mol. The van der Waals surface area contributed by atoms with E-state index >= 15 is 0 Å². The molecule has 0 saturated carbocycles. The largest absolute Gasteiger partial charge is 0.497 e. The van der Waals surface area contributed by atoms with E-state index < -0.39 is 0 Å². The first-order valence-corrected chi connectivity index (χ1v) is 5.81. The predicted octanol–water partition coefficient (Wildman–Crippen LogP) is 3.11. The molecule has 2 aromatic rings. The van der Waals surface area contributed by atoms with Gasteiger partial charge >= 0.3 is 0 Å². The maximum Gasteiger partial charge on any atom is 0.118 e. The quantitative estimate of drug-likeness (QED) is 0.829. The Morgan fingerprint density at radius 1 is 1.24 bits per heavy atom. The van der Waals surface area contributed by atoms with Gasteiger partial charge in [-0.3, -0.25) is 4.98 Å². The van der Waals surface area contributed by atoms with Crippen molar-refractivity contribution >= 4 is 11.8 Å². The molecule has 4 heteroatoms. The lowest BCUT2D eigenvalue weighted by Crippen LogP contribution is -1.84. The highest BCUT2D eigenvalue weighted by Crippen LogP contribution is 2.30. The second-order valence-corrected chi connectivity index (χ2v) is 4.38. The highest BCUT2D eigenvalue weighted by Gasteiger charge is 2.03. The number of benzene rings is 1. The van der Waals surface area contributed by atoms with E-state index in [0.29, 0.717) is 5.56 Å². The lowest BCUT2D eigenvalue weighted by Gasteiger charge is -2.04. The number of rotatable bonds is 3. The molecule has 0 unspecified atom stereocenters. The number of nitriles is 1. The Hall–Kier alpha value is -1.99. The molecule has 1 aromatic heterocycles. The summed E-state index contributed by atoms with van der Waals surface area (Å²) < 4.78 is 5.09. The Balaban J connectivity index is 2.23. The van der Waals surface area contributed by atoms with Crippen molar-refractivity contribution in [3.05, 3.63) is 48.3 Å². The van der Waals surface area contributed by atoms with Crippen LogP contribution in [0.25, 0.3) is 0 Å². The van der Waals surface area contributed by atoms with Crippen LogP contribution in [-0.4, -0.2) is 12.1 Å². The van der Waals surface area contributed by atoms with Crippen molar-refractivity contribution in [3.8, 4) is 11.8 Å². The van der Waals surface area contributed by atoms with Crippen molar-refractivity contribution in [2.75, 3.05) is 7.11 Å². The molecule has 0 fully saturated rings. The summed E-state index contributed by atoms with van der Waals surface area (Å²) in [6.07, 6.45) is 3.32. The molecule has 0 aliphatic heterocycles. The number of aromatic nitrogens is 1. The smallest absolute Gasteiger partial charge is 0.118 e. The van der Waals surface area contributed by atoms with Crippen molar-refractivity contribution < 1.29 is 4.74 Å². The maximum absolute atomic E-state index is 8.97. The van der Waals surface area contributed by atoms with Gasteiger partial charge in [-0.15, -0.1) is 0 Å². The second-order valence-electron chi connectivity index (χ2n) is 3.26. The van der Waals surface area contributed by atoms with E-state index in [0.717, 1.165) is 15.5 Å². The Bertz CT molecular complexity index is 546. The topological polar surface area (TPSA) is 45.9 Å². The minimum Gasteiger partial charge on any atom is -0.497 e. The maximum atomic E-state index is 8.97. The molecule has 0 aliphatic carbocycles. The Morgan fingerprint density at radius 3 is 2.65 bits per heavy atom. The number of pyridine rings is 1.